The van der Waals surface area contributed by atoms with Crippen molar-refractivity contribution in [3.8, 4) is 11.5 Å². The molecule has 2 N–H and O–H groups in total. The van der Waals surface area contributed by atoms with E-state index < -0.39 is 0 Å². The second-order valence-electron chi connectivity index (χ2n) is 6.98. The van der Waals surface area contributed by atoms with Crippen molar-refractivity contribution in [2.75, 3.05) is 46.6 Å². The lowest BCUT2D eigenvalue weighted by molar-refractivity contribution is 0.0888. The minimum Gasteiger partial charge on any atom is -0.444 e. The Labute approximate surface area is 193 Å². The van der Waals surface area contributed by atoms with E-state index in [0.717, 1.165) is 63.0 Å². The first-order valence-electron chi connectivity index (χ1n) is 10.0. The highest BCUT2D eigenvalue weighted by atomic mass is 127. The Kier molecular flexibility index (Phi) is 11.1. The number of nitrogens with one attached hydrogen (secondary N) is 2. The smallest absolute Gasteiger partial charge is 0.226 e. The van der Waals surface area contributed by atoms with E-state index in [1.807, 2.05) is 0 Å². The number of aliphatic imine (C=N–C) groups is 1. The van der Waals surface area contributed by atoms with Crippen molar-refractivity contribution < 1.29 is 18.3 Å². The largest absolute Gasteiger partial charge is 0.444 e. The second kappa shape index (κ2) is 13.6. The van der Waals surface area contributed by atoms with Crippen LogP contribution in [0.25, 0.3) is 11.5 Å². The summed E-state index contributed by atoms with van der Waals surface area (Å²) in [5.74, 6) is 1.51. The SMILES string of the molecule is CN=C(NCCCOCC1CCOC1)NCCc1coc(-c2ccc(F)cc2)n1.I. The Hall–Kier alpha value is -1.72. The van der Waals surface area contributed by atoms with Crippen LogP contribution in [0.5, 0.6) is 0 Å². The second-order valence-corrected chi connectivity index (χ2v) is 6.98. The van der Waals surface area contributed by atoms with Gasteiger partial charge in [-0.2, -0.15) is 0 Å². The molecule has 0 saturated carbocycles. The van der Waals surface area contributed by atoms with Gasteiger partial charge in [0.2, 0.25) is 5.89 Å². The average Bonchev–Trinajstić information content (AvgIpc) is 3.42. The molecule has 1 aromatic carbocycles. The summed E-state index contributed by atoms with van der Waals surface area (Å²) in [6.45, 7) is 4.66. The number of ether oxygens (including phenoxy) is 2. The van der Waals surface area contributed by atoms with Crippen LogP contribution < -0.4 is 10.6 Å². The lowest BCUT2D eigenvalue weighted by atomic mass is 10.1. The predicted octanol–water partition coefficient (Wildman–Crippen LogP) is 3.25. The zero-order chi connectivity index (χ0) is 20.3. The van der Waals surface area contributed by atoms with Gasteiger partial charge in [-0.25, -0.2) is 9.37 Å². The molecule has 9 heteroatoms. The van der Waals surface area contributed by atoms with Crippen LogP contribution in [0, 0.1) is 11.7 Å². The molecule has 0 bridgehead atoms. The lowest BCUT2D eigenvalue weighted by Gasteiger charge is -2.12. The molecule has 1 aliphatic heterocycles. The predicted molar refractivity (Wildman–Crippen MR) is 125 cm³/mol. The fourth-order valence-corrected chi connectivity index (χ4v) is 3.02. The van der Waals surface area contributed by atoms with Gasteiger partial charge in [0.05, 0.1) is 18.9 Å². The molecule has 166 valence electrons. The summed E-state index contributed by atoms with van der Waals surface area (Å²) in [6.07, 6.45) is 4.34. The zero-order valence-corrected chi connectivity index (χ0v) is 19.6. The number of hydrogen-bond donors (Lipinski definition) is 2. The molecule has 3 rings (SSSR count). The first-order valence-corrected chi connectivity index (χ1v) is 10.0. The summed E-state index contributed by atoms with van der Waals surface area (Å²) < 4.78 is 29.5. The maximum absolute atomic E-state index is 13.0. The molecule has 1 saturated heterocycles. The molecule has 0 radical (unpaired) electrons. The first-order chi connectivity index (χ1) is 14.2. The van der Waals surface area contributed by atoms with Gasteiger partial charge in [-0.1, -0.05) is 0 Å². The first kappa shape index (κ1) is 24.5. The molecule has 30 heavy (non-hydrogen) atoms. The van der Waals surface area contributed by atoms with Crippen LogP contribution in [-0.4, -0.2) is 57.5 Å². The van der Waals surface area contributed by atoms with Crippen molar-refractivity contribution in [3.63, 3.8) is 0 Å². The van der Waals surface area contributed by atoms with Gasteiger partial charge in [0.25, 0.3) is 0 Å². The molecule has 7 nitrogen and oxygen atoms in total. The topological polar surface area (TPSA) is 80.9 Å². The Balaban J connectivity index is 0.00000320. The van der Waals surface area contributed by atoms with E-state index in [0.29, 0.717) is 24.8 Å². The van der Waals surface area contributed by atoms with Crippen LogP contribution in [-0.2, 0) is 15.9 Å². The highest BCUT2D eigenvalue weighted by Crippen LogP contribution is 2.19. The molecule has 1 aromatic heterocycles. The van der Waals surface area contributed by atoms with Gasteiger partial charge >= 0.3 is 0 Å². The third-order valence-corrected chi connectivity index (χ3v) is 4.68. The van der Waals surface area contributed by atoms with Crippen molar-refractivity contribution in [2.45, 2.75) is 19.3 Å². The zero-order valence-electron chi connectivity index (χ0n) is 17.2. The van der Waals surface area contributed by atoms with Crippen LogP contribution in [0.15, 0.2) is 39.9 Å². The van der Waals surface area contributed by atoms with E-state index in [1.54, 1.807) is 25.4 Å². The maximum atomic E-state index is 13.0. The third-order valence-electron chi connectivity index (χ3n) is 4.68. The van der Waals surface area contributed by atoms with Crippen LogP contribution in [0.4, 0.5) is 4.39 Å². The Morgan fingerprint density at radius 2 is 2.07 bits per heavy atom. The number of hydrogen-bond acceptors (Lipinski definition) is 5. The van der Waals surface area contributed by atoms with E-state index in [2.05, 4.69) is 20.6 Å². The quantitative estimate of drug-likeness (QED) is 0.212. The van der Waals surface area contributed by atoms with Crippen molar-refractivity contribution in [1.29, 1.82) is 0 Å². The van der Waals surface area contributed by atoms with Gasteiger partial charge in [0.1, 0.15) is 12.1 Å². The standard InChI is InChI=1S/C21H29FN4O3.HI/c1-23-21(24-9-2-11-27-13-16-8-12-28-14-16)25-10-7-19-15-29-20(26-19)17-3-5-18(22)6-4-17;/h3-6,15-16H,2,7-14H2,1H3,(H2,23,24,25);1H. The van der Waals surface area contributed by atoms with E-state index in [9.17, 15) is 4.39 Å². The van der Waals surface area contributed by atoms with E-state index >= 15 is 0 Å². The van der Waals surface area contributed by atoms with Gasteiger partial charge in [-0.3, -0.25) is 4.99 Å². The number of nitrogens with zero attached hydrogens (tertiary/aromatic N) is 2. The normalized spacial score (nSPS) is 16.3. The number of rotatable bonds is 10. The molecular formula is C21H30FIN4O3. The van der Waals surface area contributed by atoms with Crippen LogP contribution in [0.1, 0.15) is 18.5 Å². The summed E-state index contributed by atoms with van der Waals surface area (Å²) >= 11 is 0. The molecule has 1 fully saturated rings. The molecule has 0 spiro atoms. The lowest BCUT2D eigenvalue weighted by Crippen LogP contribution is -2.39. The van der Waals surface area contributed by atoms with E-state index in [1.165, 1.54) is 12.1 Å². The summed E-state index contributed by atoms with van der Waals surface area (Å²) in [5, 5.41) is 6.54. The molecule has 1 unspecified atom stereocenters. The molecule has 0 amide bonds. The van der Waals surface area contributed by atoms with Gasteiger partial charge in [0.15, 0.2) is 5.96 Å². The minimum absolute atomic E-state index is 0. The summed E-state index contributed by atoms with van der Waals surface area (Å²) in [4.78, 5) is 8.67. The maximum Gasteiger partial charge on any atom is 0.226 e. The fourth-order valence-electron chi connectivity index (χ4n) is 3.02. The molecule has 1 atom stereocenters. The number of aromatic nitrogens is 1. The van der Waals surface area contributed by atoms with Crippen molar-refractivity contribution in [2.24, 2.45) is 10.9 Å². The van der Waals surface area contributed by atoms with Gasteiger partial charge < -0.3 is 24.5 Å². The monoisotopic (exact) mass is 532 g/mol. The minimum atomic E-state index is -0.279. The Morgan fingerprint density at radius 1 is 1.27 bits per heavy atom. The van der Waals surface area contributed by atoms with Crippen LogP contribution in [0.3, 0.4) is 0 Å². The fraction of sp³-hybridized carbons (Fsp3) is 0.524. The summed E-state index contributed by atoms with van der Waals surface area (Å²) in [5.41, 5.74) is 1.59. The molecule has 2 heterocycles. The Bertz CT molecular complexity index is 764. The van der Waals surface area contributed by atoms with Crippen LogP contribution >= 0.6 is 24.0 Å². The Morgan fingerprint density at radius 3 is 2.80 bits per heavy atom. The summed E-state index contributed by atoms with van der Waals surface area (Å²) in [6, 6.07) is 6.09. The van der Waals surface area contributed by atoms with E-state index in [4.69, 9.17) is 13.9 Å². The third kappa shape index (κ3) is 8.19. The average molecular weight is 532 g/mol. The van der Waals surface area contributed by atoms with E-state index in [-0.39, 0.29) is 29.8 Å². The number of benzene rings is 1. The number of guanidine groups is 1. The van der Waals surface area contributed by atoms with Gasteiger partial charge in [0, 0.05) is 51.3 Å². The molecule has 0 aliphatic carbocycles. The highest BCUT2D eigenvalue weighted by molar-refractivity contribution is 14.0. The van der Waals surface area contributed by atoms with Crippen molar-refractivity contribution in [1.82, 2.24) is 15.6 Å². The highest BCUT2D eigenvalue weighted by Gasteiger charge is 2.15. The molecule has 2 aromatic rings. The molecule has 1 aliphatic rings. The molecular weight excluding hydrogens is 502 g/mol. The number of halogens is 2. The van der Waals surface area contributed by atoms with Crippen molar-refractivity contribution in [3.05, 3.63) is 42.0 Å². The summed E-state index contributed by atoms with van der Waals surface area (Å²) in [7, 11) is 1.74. The van der Waals surface area contributed by atoms with Gasteiger partial charge in [-0.15, -0.1) is 24.0 Å². The van der Waals surface area contributed by atoms with Crippen LogP contribution in [0.2, 0.25) is 0 Å². The number of oxazole rings is 1. The van der Waals surface area contributed by atoms with Gasteiger partial charge in [-0.05, 0) is 37.1 Å². The van der Waals surface area contributed by atoms with Crippen molar-refractivity contribution >= 4 is 29.9 Å².